The Hall–Kier alpha value is -1.59. The summed E-state index contributed by atoms with van der Waals surface area (Å²) in [5.74, 6) is 1.05. The molecule has 1 aliphatic heterocycles. The normalized spacial score (nSPS) is 16.4. The highest BCUT2D eigenvalue weighted by Crippen LogP contribution is 2.19. The molecule has 1 atom stereocenters. The Bertz CT molecular complexity index is 493. The third kappa shape index (κ3) is 4.71. The van der Waals surface area contributed by atoms with Gasteiger partial charge in [0, 0.05) is 38.2 Å². The van der Waals surface area contributed by atoms with Crippen molar-refractivity contribution in [3.05, 3.63) is 29.8 Å². The summed E-state index contributed by atoms with van der Waals surface area (Å²) in [5, 5.41) is 10.2. The zero-order valence-electron chi connectivity index (χ0n) is 13.5. The van der Waals surface area contributed by atoms with Gasteiger partial charge in [-0.15, -0.1) is 0 Å². The van der Waals surface area contributed by atoms with Crippen LogP contribution >= 0.6 is 0 Å². The van der Waals surface area contributed by atoms with Crippen LogP contribution in [-0.2, 0) is 11.3 Å². The van der Waals surface area contributed by atoms with Gasteiger partial charge in [-0.3, -0.25) is 9.69 Å². The minimum Gasteiger partial charge on any atom is -0.494 e. The number of rotatable bonds is 8. The van der Waals surface area contributed by atoms with Crippen molar-refractivity contribution >= 4 is 5.91 Å². The maximum Gasteiger partial charge on any atom is 0.222 e. The van der Waals surface area contributed by atoms with Gasteiger partial charge in [0.2, 0.25) is 5.91 Å². The first kappa shape index (κ1) is 16.8. The molecule has 22 heavy (non-hydrogen) atoms. The lowest BCUT2D eigenvalue weighted by atomic mass is 10.2. The fourth-order valence-electron chi connectivity index (χ4n) is 2.86. The van der Waals surface area contributed by atoms with Crippen LogP contribution < -0.4 is 4.74 Å². The number of hydrogen-bond acceptors (Lipinski definition) is 4. The van der Waals surface area contributed by atoms with E-state index < -0.39 is 6.10 Å². The molecule has 122 valence electrons. The van der Waals surface area contributed by atoms with Crippen LogP contribution in [0.1, 0.15) is 25.3 Å². The van der Waals surface area contributed by atoms with Crippen LogP contribution in [0.3, 0.4) is 0 Å². The second-order valence-electron chi connectivity index (χ2n) is 5.83. The van der Waals surface area contributed by atoms with E-state index in [0.717, 1.165) is 24.3 Å². The highest BCUT2D eigenvalue weighted by Gasteiger charge is 2.23. The van der Waals surface area contributed by atoms with E-state index in [4.69, 9.17) is 4.74 Å². The molecule has 0 bridgehead atoms. The zero-order valence-corrected chi connectivity index (χ0v) is 13.5. The van der Waals surface area contributed by atoms with Gasteiger partial charge >= 0.3 is 0 Å². The molecule has 1 unspecified atom stereocenters. The molecule has 1 saturated heterocycles. The van der Waals surface area contributed by atoms with Crippen LogP contribution in [0.4, 0.5) is 0 Å². The zero-order chi connectivity index (χ0) is 15.9. The Labute approximate surface area is 132 Å². The van der Waals surface area contributed by atoms with E-state index >= 15 is 0 Å². The van der Waals surface area contributed by atoms with Crippen molar-refractivity contribution < 1.29 is 14.6 Å². The molecule has 1 aromatic rings. The van der Waals surface area contributed by atoms with E-state index in [9.17, 15) is 9.90 Å². The van der Waals surface area contributed by atoms with Crippen LogP contribution in [0.5, 0.6) is 5.75 Å². The van der Waals surface area contributed by atoms with Crippen LogP contribution in [0.2, 0.25) is 0 Å². The number of nitrogens with zero attached hydrogens (tertiary/aromatic N) is 2. The SMILES string of the molecule is CCOc1ccccc1CN(C)CC(O)CN1CCCC1=O. The van der Waals surface area contributed by atoms with E-state index in [1.807, 2.05) is 38.2 Å². The van der Waals surface area contributed by atoms with Crippen LogP contribution in [0.15, 0.2) is 24.3 Å². The average Bonchev–Trinajstić information content (AvgIpc) is 2.86. The first-order valence-electron chi connectivity index (χ1n) is 7.95. The van der Waals surface area contributed by atoms with Gasteiger partial charge in [0.05, 0.1) is 12.7 Å². The fourth-order valence-corrected chi connectivity index (χ4v) is 2.86. The molecule has 0 radical (unpaired) electrons. The highest BCUT2D eigenvalue weighted by atomic mass is 16.5. The number of aliphatic hydroxyl groups is 1. The molecule has 2 rings (SSSR count). The number of hydrogen-bond donors (Lipinski definition) is 1. The second-order valence-corrected chi connectivity index (χ2v) is 5.83. The van der Waals surface area contributed by atoms with Crippen molar-refractivity contribution in [3.8, 4) is 5.75 Å². The van der Waals surface area contributed by atoms with Crippen molar-refractivity contribution in [2.75, 3.05) is 33.3 Å². The summed E-state index contributed by atoms with van der Waals surface area (Å²) >= 11 is 0. The monoisotopic (exact) mass is 306 g/mol. The van der Waals surface area contributed by atoms with Crippen LogP contribution in [-0.4, -0.2) is 60.2 Å². The van der Waals surface area contributed by atoms with Gasteiger partial charge in [0.15, 0.2) is 0 Å². The van der Waals surface area contributed by atoms with Gasteiger partial charge < -0.3 is 14.7 Å². The summed E-state index contributed by atoms with van der Waals surface area (Å²) in [5.41, 5.74) is 1.11. The molecule has 0 aliphatic carbocycles. The lowest BCUT2D eigenvalue weighted by Gasteiger charge is -2.25. The molecular weight excluding hydrogens is 280 g/mol. The van der Waals surface area contributed by atoms with Crippen LogP contribution in [0, 0.1) is 0 Å². The number of benzene rings is 1. The van der Waals surface area contributed by atoms with Crippen LogP contribution in [0.25, 0.3) is 0 Å². The number of para-hydroxylation sites is 1. The molecular formula is C17H26N2O3. The quantitative estimate of drug-likeness (QED) is 0.791. The summed E-state index contributed by atoms with van der Waals surface area (Å²) in [7, 11) is 1.97. The van der Waals surface area contributed by atoms with Crippen molar-refractivity contribution in [1.29, 1.82) is 0 Å². The van der Waals surface area contributed by atoms with E-state index in [1.54, 1.807) is 4.90 Å². The minimum absolute atomic E-state index is 0.156. The Morgan fingerprint density at radius 1 is 1.41 bits per heavy atom. The summed E-state index contributed by atoms with van der Waals surface area (Å²) in [6.45, 7) is 5.05. The summed E-state index contributed by atoms with van der Waals surface area (Å²) < 4.78 is 5.62. The molecule has 1 aromatic carbocycles. The fraction of sp³-hybridized carbons (Fsp3) is 0.588. The van der Waals surface area contributed by atoms with Gasteiger partial charge in [-0.2, -0.15) is 0 Å². The Kier molecular flexibility index (Phi) is 6.21. The Morgan fingerprint density at radius 2 is 2.18 bits per heavy atom. The third-order valence-electron chi connectivity index (χ3n) is 3.84. The number of carbonyl (C=O) groups excluding carboxylic acids is 1. The molecule has 1 amide bonds. The number of aliphatic hydroxyl groups excluding tert-OH is 1. The molecule has 1 fully saturated rings. The number of ether oxygens (including phenoxy) is 1. The van der Waals surface area contributed by atoms with Crippen molar-refractivity contribution in [3.63, 3.8) is 0 Å². The lowest BCUT2D eigenvalue weighted by molar-refractivity contribution is -0.129. The first-order chi connectivity index (χ1) is 10.6. The van der Waals surface area contributed by atoms with Crippen molar-refractivity contribution in [2.45, 2.75) is 32.4 Å². The highest BCUT2D eigenvalue weighted by molar-refractivity contribution is 5.78. The Balaban J connectivity index is 1.84. The van der Waals surface area contributed by atoms with E-state index in [1.165, 1.54) is 0 Å². The number of amides is 1. The van der Waals surface area contributed by atoms with Gasteiger partial charge in [-0.1, -0.05) is 18.2 Å². The predicted octanol–water partition coefficient (Wildman–Crippen LogP) is 1.50. The second kappa shape index (κ2) is 8.15. The largest absolute Gasteiger partial charge is 0.494 e. The summed E-state index contributed by atoms with van der Waals surface area (Å²) in [6, 6.07) is 7.96. The van der Waals surface area contributed by atoms with Gasteiger partial charge in [-0.05, 0) is 26.5 Å². The van der Waals surface area contributed by atoms with Gasteiger partial charge in [-0.25, -0.2) is 0 Å². The summed E-state index contributed by atoms with van der Waals surface area (Å²) in [4.78, 5) is 15.4. The van der Waals surface area contributed by atoms with E-state index in [2.05, 4.69) is 4.90 Å². The predicted molar refractivity (Wildman–Crippen MR) is 85.8 cm³/mol. The van der Waals surface area contributed by atoms with Gasteiger partial charge in [0.25, 0.3) is 0 Å². The van der Waals surface area contributed by atoms with E-state index in [0.29, 0.717) is 32.7 Å². The molecule has 0 saturated carbocycles. The minimum atomic E-state index is -0.522. The summed E-state index contributed by atoms with van der Waals surface area (Å²) in [6.07, 6.45) is 0.999. The number of likely N-dealkylation sites (tertiary alicyclic amines) is 1. The van der Waals surface area contributed by atoms with Crippen molar-refractivity contribution in [1.82, 2.24) is 9.80 Å². The molecule has 1 N–H and O–H groups in total. The number of carbonyl (C=O) groups is 1. The number of β-amino-alcohol motifs (C(OH)–C–C–N with tert-alkyl or cyclic N) is 1. The topological polar surface area (TPSA) is 53.0 Å². The number of likely N-dealkylation sites (N-methyl/N-ethyl adjacent to an activating group) is 1. The third-order valence-corrected chi connectivity index (χ3v) is 3.84. The van der Waals surface area contributed by atoms with Gasteiger partial charge in [0.1, 0.15) is 5.75 Å². The molecule has 1 aliphatic rings. The maximum atomic E-state index is 11.6. The Morgan fingerprint density at radius 3 is 2.86 bits per heavy atom. The smallest absolute Gasteiger partial charge is 0.222 e. The van der Waals surface area contributed by atoms with E-state index in [-0.39, 0.29) is 5.91 Å². The standard InChI is InChI=1S/C17H26N2O3/c1-3-22-16-8-5-4-7-14(16)11-18(2)12-15(20)13-19-10-6-9-17(19)21/h4-5,7-8,15,20H,3,6,9-13H2,1-2H3. The molecule has 5 heteroatoms. The van der Waals surface area contributed by atoms with Crippen molar-refractivity contribution in [2.24, 2.45) is 0 Å². The molecule has 1 heterocycles. The molecule has 5 nitrogen and oxygen atoms in total. The average molecular weight is 306 g/mol. The first-order valence-corrected chi connectivity index (χ1v) is 7.95. The maximum absolute atomic E-state index is 11.6. The lowest BCUT2D eigenvalue weighted by Crippen LogP contribution is -2.39. The molecule has 0 spiro atoms. The molecule has 0 aromatic heterocycles.